The molecule has 0 spiro atoms. The van der Waals surface area contributed by atoms with Gasteiger partial charge in [0.05, 0.1) is 24.1 Å². The third-order valence-electron chi connectivity index (χ3n) is 3.68. The molecule has 0 saturated carbocycles. The predicted octanol–water partition coefficient (Wildman–Crippen LogP) is 4.65. The summed E-state index contributed by atoms with van der Waals surface area (Å²) in [4.78, 5) is 0. The number of nitrogens with one attached hydrogen (secondary N) is 2. The third kappa shape index (κ3) is 5.49. The molecule has 3 rings (SSSR count). The topological polar surface area (TPSA) is 51.1 Å². The number of aromatic nitrogens is 2. The molecule has 0 atom stereocenters. The van der Waals surface area contributed by atoms with Crippen LogP contribution < -0.4 is 15.4 Å². The number of ether oxygens (including phenoxy) is 1. The van der Waals surface area contributed by atoms with Crippen LogP contribution in [0.1, 0.15) is 11.1 Å². The number of aryl methyl sites for hydroxylation is 1. The summed E-state index contributed by atoms with van der Waals surface area (Å²) >= 11 is 5.26. The number of rotatable bonds is 6. The van der Waals surface area contributed by atoms with Gasteiger partial charge in [-0.2, -0.15) is 13.9 Å². The highest BCUT2D eigenvalue weighted by atomic mass is 32.1. The third-order valence-corrected chi connectivity index (χ3v) is 3.88. The maximum absolute atomic E-state index is 12.6. The monoisotopic (exact) mass is 388 g/mol. The molecule has 0 saturated heterocycles. The van der Waals surface area contributed by atoms with Crippen molar-refractivity contribution in [3.63, 3.8) is 0 Å². The highest BCUT2D eigenvalue weighted by Gasteiger charge is 2.11. The second kappa shape index (κ2) is 8.59. The lowest BCUT2D eigenvalue weighted by Crippen LogP contribution is -2.19. The van der Waals surface area contributed by atoms with Crippen LogP contribution >= 0.6 is 12.2 Å². The van der Waals surface area contributed by atoms with E-state index in [1.165, 1.54) is 6.07 Å². The fourth-order valence-electron chi connectivity index (χ4n) is 2.50. The molecular weight excluding hydrogens is 370 g/mol. The molecule has 2 aromatic carbocycles. The number of alkyl halides is 2. The molecule has 0 fully saturated rings. The fraction of sp³-hybridized carbons (Fsp3) is 0.158. The number of halogens is 2. The smallest absolute Gasteiger partial charge is 0.387 e. The second-order valence-corrected chi connectivity index (χ2v) is 6.28. The zero-order chi connectivity index (χ0) is 19.2. The van der Waals surface area contributed by atoms with Crippen LogP contribution in [0.15, 0.2) is 60.9 Å². The van der Waals surface area contributed by atoms with Gasteiger partial charge in [-0.3, -0.25) is 4.68 Å². The Morgan fingerprint density at radius 1 is 1.19 bits per heavy atom. The van der Waals surface area contributed by atoms with E-state index < -0.39 is 6.61 Å². The van der Waals surface area contributed by atoms with E-state index in [1.807, 2.05) is 36.5 Å². The average molecular weight is 388 g/mol. The molecule has 0 aliphatic carbocycles. The van der Waals surface area contributed by atoms with E-state index in [1.54, 1.807) is 29.9 Å². The molecule has 2 N–H and O–H groups in total. The Morgan fingerprint density at radius 3 is 2.70 bits per heavy atom. The number of anilines is 2. The van der Waals surface area contributed by atoms with Crippen LogP contribution in [0.3, 0.4) is 0 Å². The molecule has 0 unspecified atom stereocenters. The Kier molecular flexibility index (Phi) is 5.97. The highest BCUT2D eigenvalue weighted by molar-refractivity contribution is 7.80. The van der Waals surface area contributed by atoms with Crippen molar-refractivity contribution in [1.29, 1.82) is 0 Å². The Balaban J connectivity index is 1.63. The molecule has 8 heteroatoms. The minimum Gasteiger partial charge on any atom is -0.433 e. The largest absolute Gasteiger partial charge is 0.433 e. The van der Waals surface area contributed by atoms with Crippen molar-refractivity contribution in [2.24, 2.45) is 0 Å². The highest BCUT2D eigenvalue weighted by Crippen LogP contribution is 2.27. The first-order valence-electron chi connectivity index (χ1n) is 8.19. The quantitative estimate of drug-likeness (QED) is 0.602. The van der Waals surface area contributed by atoms with E-state index in [9.17, 15) is 8.78 Å². The lowest BCUT2D eigenvalue weighted by atomic mass is 10.2. The molecule has 1 heterocycles. The predicted molar refractivity (Wildman–Crippen MR) is 105 cm³/mol. The summed E-state index contributed by atoms with van der Waals surface area (Å²) in [6, 6.07) is 14.9. The van der Waals surface area contributed by atoms with Crippen LogP contribution in [0.2, 0.25) is 0 Å². The fourth-order valence-corrected chi connectivity index (χ4v) is 2.72. The van der Waals surface area contributed by atoms with E-state index >= 15 is 0 Å². The molecule has 0 aliphatic heterocycles. The van der Waals surface area contributed by atoms with Crippen LogP contribution in [-0.4, -0.2) is 21.5 Å². The number of hydrogen-bond acceptors (Lipinski definition) is 3. The molecule has 140 valence electrons. The molecular formula is C19H18F2N4OS. The first-order valence-corrected chi connectivity index (χ1v) is 8.60. The number of thiocarbonyl (C=S) groups is 1. The molecule has 1 aromatic heterocycles. The van der Waals surface area contributed by atoms with Crippen LogP contribution in [-0.2, 0) is 6.54 Å². The molecule has 0 radical (unpaired) electrons. The summed E-state index contributed by atoms with van der Waals surface area (Å²) < 4.78 is 31.5. The van der Waals surface area contributed by atoms with Gasteiger partial charge in [-0.05, 0) is 42.4 Å². The van der Waals surface area contributed by atoms with Gasteiger partial charge in [0.15, 0.2) is 5.11 Å². The first-order chi connectivity index (χ1) is 13.0. The van der Waals surface area contributed by atoms with Gasteiger partial charge in [0.25, 0.3) is 0 Å². The Morgan fingerprint density at radius 2 is 1.96 bits per heavy atom. The van der Waals surface area contributed by atoms with Gasteiger partial charge in [-0.15, -0.1) is 0 Å². The van der Waals surface area contributed by atoms with Gasteiger partial charge in [0, 0.05) is 6.20 Å². The molecule has 27 heavy (non-hydrogen) atoms. The van der Waals surface area contributed by atoms with Crippen molar-refractivity contribution < 1.29 is 13.5 Å². The number of benzene rings is 2. The van der Waals surface area contributed by atoms with Crippen molar-refractivity contribution in [3.8, 4) is 5.75 Å². The summed E-state index contributed by atoms with van der Waals surface area (Å²) in [5.41, 5.74) is 2.97. The van der Waals surface area contributed by atoms with Crippen LogP contribution in [0, 0.1) is 6.92 Å². The Labute approximate surface area is 161 Å². The van der Waals surface area contributed by atoms with Gasteiger partial charge in [-0.1, -0.05) is 36.4 Å². The van der Waals surface area contributed by atoms with Crippen molar-refractivity contribution in [1.82, 2.24) is 9.78 Å². The molecule has 0 aliphatic rings. The van der Waals surface area contributed by atoms with Gasteiger partial charge in [0.2, 0.25) is 0 Å². The van der Waals surface area contributed by atoms with E-state index in [2.05, 4.69) is 20.5 Å². The summed E-state index contributed by atoms with van der Waals surface area (Å²) in [5, 5.41) is 10.4. The molecule has 5 nitrogen and oxygen atoms in total. The van der Waals surface area contributed by atoms with Gasteiger partial charge < -0.3 is 15.4 Å². The summed E-state index contributed by atoms with van der Waals surface area (Å²) in [6.45, 7) is -0.488. The average Bonchev–Trinajstić information content (AvgIpc) is 3.04. The summed E-state index contributed by atoms with van der Waals surface area (Å²) in [6.07, 6.45) is 3.45. The number of hydrogen-bond donors (Lipinski definition) is 2. The zero-order valence-electron chi connectivity index (χ0n) is 14.5. The van der Waals surface area contributed by atoms with Crippen molar-refractivity contribution in [2.75, 3.05) is 10.6 Å². The van der Waals surface area contributed by atoms with E-state index in [-0.39, 0.29) is 10.9 Å². The lowest BCUT2D eigenvalue weighted by molar-refractivity contribution is -0.0493. The van der Waals surface area contributed by atoms with Gasteiger partial charge >= 0.3 is 6.61 Å². The lowest BCUT2D eigenvalue weighted by Gasteiger charge is -2.14. The van der Waals surface area contributed by atoms with Crippen LogP contribution in [0.25, 0.3) is 0 Å². The van der Waals surface area contributed by atoms with E-state index in [0.717, 1.165) is 11.1 Å². The molecule has 0 amide bonds. The number of nitrogens with zero attached hydrogens (tertiary/aromatic N) is 2. The van der Waals surface area contributed by atoms with Crippen molar-refractivity contribution in [2.45, 2.75) is 20.1 Å². The van der Waals surface area contributed by atoms with Gasteiger partial charge in [0.1, 0.15) is 5.75 Å². The van der Waals surface area contributed by atoms with E-state index in [4.69, 9.17) is 12.2 Å². The van der Waals surface area contributed by atoms with E-state index in [0.29, 0.717) is 17.9 Å². The minimum absolute atomic E-state index is 0.0360. The normalized spacial score (nSPS) is 10.7. The second-order valence-electron chi connectivity index (χ2n) is 5.87. The zero-order valence-corrected chi connectivity index (χ0v) is 15.3. The SMILES string of the molecule is Cc1ccc(NC(=S)Nc2cnn(Cc3ccccc3)c2)c(OC(F)F)c1. The first kappa shape index (κ1) is 18.8. The van der Waals surface area contributed by atoms with Crippen molar-refractivity contribution >= 4 is 28.7 Å². The summed E-state index contributed by atoms with van der Waals surface area (Å²) in [7, 11) is 0. The van der Waals surface area contributed by atoms with Gasteiger partial charge in [-0.25, -0.2) is 0 Å². The minimum atomic E-state index is -2.91. The Hall–Kier alpha value is -3.00. The van der Waals surface area contributed by atoms with Crippen molar-refractivity contribution in [3.05, 3.63) is 72.1 Å². The Bertz CT molecular complexity index is 915. The van der Waals surface area contributed by atoms with Crippen LogP contribution in [0.4, 0.5) is 20.2 Å². The maximum atomic E-state index is 12.6. The summed E-state index contributed by atoms with van der Waals surface area (Å²) in [5.74, 6) is 0.0360. The standard InChI is InChI=1S/C19H18F2N4OS/c1-13-7-8-16(17(9-13)26-18(20)21)24-19(27)23-15-10-22-25(12-15)11-14-5-3-2-4-6-14/h2-10,12,18H,11H2,1H3,(H2,23,24,27). The van der Waals surface area contributed by atoms with Crippen LogP contribution in [0.5, 0.6) is 5.75 Å². The molecule has 3 aromatic rings. The maximum Gasteiger partial charge on any atom is 0.387 e. The molecule has 0 bridgehead atoms.